The minimum absolute atomic E-state index is 0.361. The zero-order chi connectivity index (χ0) is 20.8. The van der Waals surface area contributed by atoms with Crippen LogP contribution in [-0.4, -0.2) is 18.9 Å². The van der Waals surface area contributed by atoms with Crippen molar-refractivity contribution in [3.05, 3.63) is 77.4 Å². The predicted octanol–water partition coefficient (Wildman–Crippen LogP) is 7.10. The maximum absolute atomic E-state index is 6.31. The molecule has 0 spiro atoms. The van der Waals surface area contributed by atoms with Gasteiger partial charge in [0.15, 0.2) is 0 Å². The number of anilines is 1. The topological polar surface area (TPSA) is 28.7 Å². The second-order valence-electron chi connectivity index (χ2n) is 8.73. The van der Waals surface area contributed by atoms with Gasteiger partial charge in [0.2, 0.25) is 0 Å². The van der Waals surface area contributed by atoms with Crippen molar-refractivity contribution in [1.82, 2.24) is 0 Å². The van der Waals surface area contributed by atoms with E-state index in [0.29, 0.717) is 11.8 Å². The van der Waals surface area contributed by atoms with Crippen LogP contribution in [0.25, 0.3) is 21.9 Å². The summed E-state index contributed by atoms with van der Waals surface area (Å²) in [5, 5.41) is 2.45. The number of fused-ring (bicyclic) bond motifs is 3. The summed E-state index contributed by atoms with van der Waals surface area (Å²) in [5.74, 6) is 1.82. The SMILES string of the molecule is CC(C)c1cc2oc3ccccc3c2c(C(C)C)c1N1CCN=C1c1ccccc1. The van der Waals surface area contributed by atoms with Crippen LogP contribution < -0.4 is 4.90 Å². The van der Waals surface area contributed by atoms with Gasteiger partial charge in [0.25, 0.3) is 0 Å². The molecule has 0 atom stereocenters. The Morgan fingerprint density at radius 2 is 1.60 bits per heavy atom. The van der Waals surface area contributed by atoms with Gasteiger partial charge < -0.3 is 9.32 Å². The van der Waals surface area contributed by atoms with Crippen molar-refractivity contribution in [2.24, 2.45) is 4.99 Å². The van der Waals surface area contributed by atoms with Gasteiger partial charge in [-0.3, -0.25) is 4.99 Å². The van der Waals surface area contributed by atoms with Crippen molar-refractivity contribution in [2.75, 3.05) is 18.0 Å². The second kappa shape index (κ2) is 7.32. The molecule has 3 aromatic carbocycles. The summed E-state index contributed by atoms with van der Waals surface area (Å²) in [7, 11) is 0. The van der Waals surface area contributed by atoms with E-state index in [1.165, 1.54) is 33.2 Å². The Bertz CT molecular complexity index is 1250. The number of hydrogen-bond donors (Lipinski definition) is 0. The highest BCUT2D eigenvalue weighted by Gasteiger charge is 2.29. The van der Waals surface area contributed by atoms with E-state index in [4.69, 9.17) is 9.41 Å². The van der Waals surface area contributed by atoms with E-state index in [-0.39, 0.29) is 0 Å². The lowest BCUT2D eigenvalue weighted by molar-refractivity contribution is 0.666. The maximum Gasteiger partial charge on any atom is 0.136 e. The lowest BCUT2D eigenvalue weighted by Gasteiger charge is -2.30. The molecule has 3 nitrogen and oxygen atoms in total. The number of aliphatic imine (C=N–C) groups is 1. The quantitative estimate of drug-likeness (QED) is 0.368. The third kappa shape index (κ3) is 2.92. The molecule has 1 aliphatic rings. The van der Waals surface area contributed by atoms with Crippen molar-refractivity contribution in [2.45, 2.75) is 39.5 Å². The molecule has 0 bridgehead atoms. The number of para-hydroxylation sites is 1. The highest BCUT2D eigenvalue weighted by molar-refractivity contribution is 6.15. The molecule has 5 rings (SSSR count). The summed E-state index contributed by atoms with van der Waals surface area (Å²) in [6, 6.07) is 21.2. The van der Waals surface area contributed by atoms with Crippen molar-refractivity contribution < 1.29 is 4.42 Å². The molecule has 152 valence electrons. The van der Waals surface area contributed by atoms with Gasteiger partial charge in [-0.1, -0.05) is 76.2 Å². The van der Waals surface area contributed by atoms with Crippen molar-refractivity contribution >= 4 is 33.5 Å². The van der Waals surface area contributed by atoms with Crippen LogP contribution in [0, 0.1) is 0 Å². The van der Waals surface area contributed by atoms with E-state index in [2.05, 4.69) is 87.2 Å². The number of benzene rings is 3. The summed E-state index contributed by atoms with van der Waals surface area (Å²) in [6.07, 6.45) is 0. The molecule has 1 aromatic heterocycles. The van der Waals surface area contributed by atoms with E-state index < -0.39 is 0 Å². The molecule has 2 heterocycles. The Labute approximate surface area is 178 Å². The Hall–Kier alpha value is -3.07. The standard InChI is InChI=1S/C27H28N2O/c1-17(2)21-16-23-25(20-12-8-9-13-22(20)30-23)24(18(3)4)26(21)29-15-14-28-27(29)19-10-6-5-7-11-19/h5-13,16-18H,14-15H2,1-4H3. The first-order valence-corrected chi connectivity index (χ1v) is 10.9. The summed E-state index contributed by atoms with van der Waals surface area (Å²) >= 11 is 0. The Morgan fingerprint density at radius 1 is 0.867 bits per heavy atom. The van der Waals surface area contributed by atoms with Crippen molar-refractivity contribution in [3.63, 3.8) is 0 Å². The molecule has 0 unspecified atom stereocenters. The Balaban J connectivity index is 1.84. The Kier molecular flexibility index (Phi) is 4.62. The summed E-state index contributed by atoms with van der Waals surface area (Å²) < 4.78 is 6.31. The first-order valence-electron chi connectivity index (χ1n) is 10.9. The minimum Gasteiger partial charge on any atom is -0.456 e. The molecular weight excluding hydrogens is 368 g/mol. The number of amidine groups is 1. The predicted molar refractivity (Wildman–Crippen MR) is 127 cm³/mol. The first kappa shape index (κ1) is 18.9. The molecule has 0 aliphatic carbocycles. The molecule has 4 aromatic rings. The molecule has 0 saturated carbocycles. The average molecular weight is 397 g/mol. The van der Waals surface area contributed by atoms with Gasteiger partial charge in [0.05, 0.1) is 12.2 Å². The third-order valence-corrected chi connectivity index (χ3v) is 6.05. The van der Waals surface area contributed by atoms with Crippen LogP contribution >= 0.6 is 0 Å². The van der Waals surface area contributed by atoms with E-state index in [1.807, 2.05) is 6.07 Å². The van der Waals surface area contributed by atoms with Crippen LogP contribution in [0.3, 0.4) is 0 Å². The third-order valence-electron chi connectivity index (χ3n) is 6.05. The van der Waals surface area contributed by atoms with Crippen LogP contribution in [0.1, 0.15) is 56.2 Å². The maximum atomic E-state index is 6.31. The molecule has 0 fully saturated rings. The lowest BCUT2D eigenvalue weighted by atomic mass is 9.88. The molecule has 0 N–H and O–H groups in total. The second-order valence-corrected chi connectivity index (χ2v) is 8.73. The number of nitrogens with zero attached hydrogens (tertiary/aromatic N) is 2. The normalized spacial score (nSPS) is 14.5. The smallest absolute Gasteiger partial charge is 0.136 e. The fourth-order valence-electron chi connectivity index (χ4n) is 4.73. The van der Waals surface area contributed by atoms with Gasteiger partial charge >= 0.3 is 0 Å². The lowest BCUT2D eigenvalue weighted by Crippen LogP contribution is -2.30. The highest BCUT2D eigenvalue weighted by atomic mass is 16.3. The first-order chi connectivity index (χ1) is 14.6. The van der Waals surface area contributed by atoms with Gasteiger partial charge in [-0.15, -0.1) is 0 Å². The fraction of sp³-hybridized carbons (Fsp3) is 0.296. The van der Waals surface area contributed by atoms with Gasteiger partial charge in [0, 0.05) is 22.9 Å². The van der Waals surface area contributed by atoms with Crippen LogP contribution in [0.5, 0.6) is 0 Å². The fourth-order valence-corrected chi connectivity index (χ4v) is 4.73. The highest BCUT2D eigenvalue weighted by Crippen LogP contribution is 2.45. The summed E-state index contributed by atoms with van der Waals surface area (Å²) in [4.78, 5) is 7.36. The summed E-state index contributed by atoms with van der Waals surface area (Å²) in [6.45, 7) is 10.9. The number of furan rings is 1. The van der Waals surface area contributed by atoms with Gasteiger partial charge in [-0.2, -0.15) is 0 Å². The molecule has 0 saturated heterocycles. The average Bonchev–Trinajstić information content (AvgIpc) is 3.37. The van der Waals surface area contributed by atoms with Gasteiger partial charge in [0.1, 0.15) is 17.0 Å². The van der Waals surface area contributed by atoms with Crippen LogP contribution in [0.2, 0.25) is 0 Å². The van der Waals surface area contributed by atoms with Crippen LogP contribution in [0.15, 0.2) is 70.1 Å². The zero-order valence-electron chi connectivity index (χ0n) is 18.1. The van der Waals surface area contributed by atoms with Crippen molar-refractivity contribution in [3.8, 4) is 0 Å². The molecule has 0 radical (unpaired) electrons. The monoisotopic (exact) mass is 396 g/mol. The number of rotatable bonds is 4. The van der Waals surface area contributed by atoms with E-state index in [9.17, 15) is 0 Å². The van der Waals surface area contributed by atoms with E-state index >= 15 is 0 Å². The molecule has 1 aliphatic heterocycles. The largest absolute Gasteiger partial charge is 0.456 e. The van der Waals surface area contributed by atoms with Crippen LogP contribution in [0.4, 0.5) is 5.69 Å². The van der Waals surface area contributed by atoms with Gasteiger partial charge in [-0.25, -0.2) is 0 Å². The zero-order valence-corrected chi connectivity index (χ0v) is 18.1. The van der Waals surface area contributed by atoms with Crippen molar-refractivity contribution in [1.29, 1.82) is 0 Å². The Morgan fingerprint density at radius 3 is 2.33 bits per heavy atom. The molecule has 30 heavy (non-hydrogen) atoms. The van der Waals surface area contributed by atoms with E-state index in [0.717, 1.165) is 30.1 Å². The molecular formula is C27H28N2O. The molecule has 0 amide bonds. The van der Waals surface area contributed by atoms with Crippen LogP contribution in [-0.2, 0) is 0 Å². The van der Waals surface area contributed by atoms with E-state index in [1.54, 1.807) is 0 Å². The summed E-state index contributed by atoms with van der Waals surface area (Å²) in [5.41, 5.74) is 7.14. The number of hydrogen-bond acceptors (Lipinski definition) is 3. The van der Waals surface area contributed by atoms with Gasteiger partial charge in [-0.05, 0) is 35.1 Å². The molecule has 3 heteroatoms. The minimum atomic E-state index is 0.361.